The predicted molar refractivity (Wildman–Crippen MR) is 86.5 cm³/mol. The molecule has 0 radical (unpaired) electrons. The monoisotopic (exact) mass is 281 g/mol. The number of hydrogen-bond donors (Lipinski definition) is 0. The van der Waals surface area contributed by atoms with Crippen LogP contribution >= 0.6 is 0 Å². The molecule has 4 nitrogen and oxygen atoms in total. The first-order valence-corrected chi connectivity index (χ1v) is 7.21. The van der Waals surface area contributed by atoms with E-state index >= 15 is 0 Å². The molecule has 0 saturated carbocycles. The molecule has 1 aliphatic rings. The van der Waals surface area contributed by atoms with Crippen LogP contribution in [0.4, 0.5) is 5.69 Å². The number of benzene rings is 1. The summed E-state index contributed by atoms with van der Waals surface area (Å²) < 4.78 is 5.22. The van der Waals surface area contributed by atoms with E-state index in [0.29, 0.717) is 0 Å². The Morgan fingerprint density at radius 1 is 0.952 bits per heavy atom. The van der Waals surface area contributed by atoms with E-state index in [1.54, 1.807) is 6.26 Å². The molecule has 1 fully saturated rings. The van der Waals surface area contributed by atoms with Gasteiger partial charge in [-0.2, -0.15) is 5.10 Å². The van der Waals surface area contributed by atoms with E-state index in [0.717, 1.165) is 31.9 Å². The first kappa shape index (κ1) is 13.5. The van der Waals surface area contributed by atoms with Crippen LogP contribution in [0.1, 0.15) is 5.76 Å². The van der Waals surface area contributed by atoms with Gasteiger partial charge in [0.05, 0.1) is 19.4 Å². The lowest BCUT2D eigenvalue weighted by Crippen LogP contribution is -2.44. The highest BCUT2D eigenvalue weighted by Gasteiger charge is 2.14. The maximum Gasteiger partial charge on any atom is 0.126 e. The van der Waals surface area contributed by atoms with Crippen LogP contribution in [0.5, 0.6) is 0 Å². The van der Waals surface area contributed by atoms with Gasteiger partial charge < -0.3 is 9.32 Å². The second-order valence-electron chi connectivity index (χ2n) is 4.92. The van der Waals surface area contributed by atoms with Crippen molar-refractivity contribution in [2.24, 2.45) is 5.10 Å². The fourth-order valence-corrected chi connectivity index (χ4v) is 2.37. The average molecular weight is 281 g/mol. The van der Waals surface area contributed by atoms with Crippen molar-refractivity contribution in [1.29, 1.82) is 0 Å². The maximum absolute atomic E-state index is 5.22. The highest BCUT2D eigenvalue weighted by atomic mass is 16.3. The molecule has 0 aliphatic carbocycles. The minimum Gasteiger partial charge on any atom is -0.465 e. The number of para-hydroxylation sites is 1. The molecule has 2 heterocycles. The van der Waals surface area contributed by atoms with Gasteiger partial charge in [-0.3, -0.25) is 5.01 Å². The largest absolute Gasteiger partial charge is 0.465 e. The number of anilines is 1. The molecule has 21 heavy (non-hydrogen) atoms. The molecule has 1 saturated heterocycles. The van der Waals surface area contributed by atoms with Gasteiger partial charge in [-0.15, -0.1) is 0 Å². The number of furan rings is 1. The number of allylic oxidation sites excluding steroid dienone is 1. The van der Waals surface area contributed by atoms with Gasteiger partial charge >= 0.3 is 0 Å². The second kappa shape index (κ2) is 6.79. The SMILES string of the molecule is C(=C\c1ccco1)/C=N/N1CCN(c2ccccc2)CC1. The summed E-state index contributed by atoms with van der Waals surface area (Å²) in [6, 6.07) is 14.3. The zero-order chi connectivity index (χ0) is 14.3. The number of hydrogen-bond acceptors (Lipinski definition) is 4. The van der Waals surface area contributed by atoms with Crippen LogP contribution in [0.15, 0.2) is 64.3 Å². The van der Waals surface area contributed by atoms with Crippen molar-refractivity contribution in [2.45, 2.75) is 0 Å². The van der Waals surface area contributed by atoms with Gasteiger partial charge in [0.1, 0.15) is 5.76 Å². The molecule has 0 bridgehead atoms. The van der Waals surface area contributed by atoms with Crippen LogP contribution in [-0.2, 0) is 0 Å². The molecular weight excluding hydrogens is 262 g/mol. The van der Waals surface area contributed by atoms with E-state index in [-0.39, 0.29) is 0 Å². The normalized spacial score (nSPS) is 16.2. The quantitative estimate of drug-likeness (QED) is 0.807. The Labute approximate surface area is 125 Å². The van der Waals surface area contributed by atoms with E-state index in [4.69, 9.17) is 4.42 Å². The van der Waals surface area contributed by atoms with E-state index in [9.17, 15) is 0 Å². The first-order chi connectivity index (χ1) is 10.4. The summed E-state index contributed by atoms with van der Waals surface area (Å²) in [6.45, 7) is 3.90. The highest BCUT2D eigenvalue weighted by Crippen LogP contribution is 2.15. The fourth-order valence-electron chi connectivity index (χ4n) is 2.37. The van der Waals surface area contributed by atoms with Gasteiger partial charge in [0.2, 0.25) is 0 Å². The molecular formula is C17H19N3O. The molecule has 2 aromatic rings. The Kier molecular flexibility index (Phi) is 4.36. The standard InChI is InChI=1S/C17H19N3O/c1-2-6-16(7-3-1)19-11-13-20(14-12-19)18-10-4-8-17-9-5-15-21-17/h1-10,15H,11-14H2/b8-4+,18-10+. The summed E-state index contributed by atoms with van der Waals surface area (Å²) in [4.78, 5) is 2.39. The lowest BCUT2D eigenvalue weighted by molar-refractivity contribution is 0.272. The van der Waals surface area contributed by atoms with E-state index in [1.807, 2.05) is 30.5 Å². The molecule has 1 aliphatic heterocycles. The fraction of sp³-hybridized carbons (Fsp3) is 0.235. The number of nitrogens with zero attached hydrogens (tertiary/aromatic N) is 3. The van der Waals surface area contributed by atoms with E-state index in [2.05, 4.69) is 45.3 Å². The van der Waals surface area contributed by atoms with Crippen molar-refractivity contribution < 1.29 is 4.42 Å². The van der Waals surface area contributed by atoms with Crippen LogP contribution in [0, 0.1) is 0 Å². The van der Waals surface area contributed by atoms with Crippen LogP contribution < -0.4 is 4.90 Å². The molecule has 1 aromatic carbocycles. The molecule has 1 aromatic heterocycles. The number of piperazine rings is 1. The van der Waals surface area contributed by atoms with Gasteiger partial charge in [-0.05, 0) is 36.4 Å². The lowest BCUT2D eigenvalue weighted by Gasteiger charge is -2.34. The first-order valence-electron chi connectivity index (χ1n) is 7.21. The smallest absolute Gasteiger partial charge is 0.126 e. The molecule has 0 N–H and O–H groups in total. The minimum absolute atomic E-state index is 0.843. The molecule has 0 unspecified atom stereocenters. The van der Waals surface area contributed by atoms with E-state index < -0.39 is 0 Å². The summed E-state index contributed by atoms with van der Waals surface area (Å²) >= 11 is 0. The Morgan fingerprint density at radius 2 is 1.76 bits per heavy atom. The summed E-state index contributed by atoms with van der Waals surface area (Å²) in [5.41, 5.74) is 1.29. The molecule has 3 rings (SSSR count). The predicted octanol–water partition coefficient (Wildman–Crippen LogP) is 3.10. The summed E-state index contributed by atoms with van der Waals surface area (Å²) in [5.74, 6) is 0.843. The van der Waals surface area contributed by atoms with Gasteiger partial charge in [0.25, 0.3) is 0 Å². The lowest BCUT2D eigenvalue weighted by atomic mass is 10.2. The Hall–Kier alpha value is -2.49. The van der Waals surface area contributed by atoms with Crippen molar-refractivity contribution in [3.8, 4) is 0 Å². The molecule has 0 atom stereocenters. The summed E-state index contributed by atoms with van der Waals surface area (Å²) in [5, 5.41) is 6.57. The van der Waals surface area contributed by atoms with Crippen LogP contribution in [0.25, 0.3) is 6.08 Å². The Balaban J connectivity index is 1.47. The van der Waals surface area contributed by atoms with Crippen LogP contribution in [0.3, 0.4) is 0 Å². The van der Waals surface area contributed by atoms with Crippen molar-refractivity contribution >= 4 is 18.0 Å². The summed E-state index contributed by atoms with van der Waals surface area (Å²) in [6.07, 6.45) is 7.30. The van der Waals surface area contributed by atoms with Gasteiger partial charge in [-0.1, -0.05) is 18.2 Å². The van der Waals surface area contributed by atoms with Gasteiger partial charge in [0.15, 0.2) is 0 Å². The van der Waals surface area contributed by atoms with Crippen molar-refractivity contribution in [2.75, 3.05) is 31.1 Å². The van der Waals surface area contributed by atoms with Gasteiger partial charge in [0, 0.05) is 25.0 Å². The Morgan fingerprint density at radius 3 is 2.48 bits per heavy atom. The zero-order valence-corrected chi connectivity index (χ0v) is 11.9. The third-order valence-electron chi connectivity index (χ3n) is 3.50. The number of hydrazone groups is 1. The molecule has 4 heteroatoms. The van der Waals surface area contributed by atoms with Crippen molar-refractivity contribution in [1.82, 2.24) is 5.01 Å². The van der Waals surface area contributed by atoms with Crippen LogP contribution in [0.2, 0.25) is 0 Å². The number of rotatable bonds is 4. The average Bonchev–Trinajstić information content (AvgIpc) is 3.06. The van der Waals surface area contributed by atoms with Crippen molar-refractivity contribution in [3.63, 3.8) is 0 Å². The minimum atomic E-state index is 0.843. The van der Waals surface area contributed by atoms with Crippen molar-refractivity contribution in [3.05, 3.63) is 60.6 Å². The maximum atomic E-state index is 5.22. The third-order valence-corrected chi connectivity index (χ3v) is 3.50. The summed E-state index contributed by atoms with van der Waals surface area (Å²) in [7, 11) is 0. The van der Waals surface area contributed by atoms with Gasteiger partial charge in [-0.25, -0.2) is 0 Å². The molecule has 0 amide bonds. The zero-order valence-electron chi connectivity index (χ0n) is 11.9. The molecule has 108 valence electrons. The van der Waals surface area contributed by atoms with E-state index in [1.165, 1.54) is 5.69 Å². The second-order valence-corrected chi connectivity index (χ2v) is 4.92. The Bertz CT molecular complexity index is 582. The molecule has 0 spiro atoms. The highest BCUT2D eigenvalue weighted by molar-refractivity contribution is 5.77. The van der Waals surface area contributed by atoms with Crippen LogP contribution in [-0.4, -0.2) is 37.4 Å². The third kappa shape index (κ3) is 3.75. The topological polar surface area (TPSA) is 32.0 Å².